The van der Waals surface area contributed by atoms with Crippen molar-refractivity contribution in [2.24, 2.45) is 0 Å². The van der Waals surface area contributed by atoms with Crippen LogP contribution < -0.4 is 10.6 Å². The fourth-order valence-electron chi connectivity index (χ4n) is 2.10. The van der Waals surface area contributed by atoms with Crippen LogP contribution in [-0.4, -0.2) is 60.6 Å². The Morgan fingerprint density at radius 1 is 1.48 bits per heavy atom. The molecular formula is C13H20N4O3S. The number of hydrogen-bond donors (Lipinski definition) is 2. The average Bonchev–Trinajstić information content (AvgIpc) is 2.87. The summed E-state index contributed by atoms with van der Waals surface area (Å²) >= 11 is 1.24. The van der Waals surface area contributed by atoms with Gasteiger partial charge in [-0.3, -0.25) is 14.5 Å². The number of aromatic nitrogens is 1. The van der Waals surface area contributed by atoms with Gasteiger partial charge in [0.2, 0.25) is 5.91 Å². The lowest BCUT2D eigenvalue weighted by atomic mass is 10.2. The van der Waals surface area contributed by atoms with E-state index in [4.69, 9.17) is 4.74 Å². The SMILES string of the molecule is CC(=O)Nc1nc(C(=O)N[C@@H](C)CN2CCOCC2)cs1. The van der Waals surface area contributed by atoms with Crippen molar-refractivity contribution >= 4 is 28.3 Å². The molecule has 0 aromatic carbocycles. The molecule has 0 unspecified atom stereocenters. The van der Waals surface area contributed by atoms with E-state index in [1.165, 1.54) is 18.3 Å². The first-order valence-corrected chi connectivity index (χ1v) is 7.76. The largest absolute Gasteiger partial charge is 0.379 e. The predicted octanol–water partition coefficient (Wildman–Crippen LogP) is 0.552. The van der Waals surface area contributed by atoms with Crippen LogP contribution in [0, 0.1) is 0 Å². The third-order valence-corrected chi connectivity index (χ3v) is 3.79. The summed E-state index contributed by atoms with van der Waals surface area (Å²) in [5.74, 6) is -0.416. The van der Waals surface area contributed by atoms with Gasteiger partial charge in [-0.15, -0.1) is 11.3 Å². The maximum Gasteiger partial charge on any atom is 0.271 e. The van der Waals surface area contributed by atoms with Crippen LogP contribution in [0.2, 0.25) is 0 Å². The van der Waals surface area contributed by atoms with E-state index in [2.05, 4.69) is 20.5 Å². The van der Waals surface area contributed by atoms with Gasteiger partial charge in [-0.05, 0) is 6.92 Å². The minimum Gasteiger partial charge on any atom is -0.379 e. The lowest BCUT2D eigenvalue weighted by molar-refractivity contribution is -0.114. The molecule has 7 nitrogen and oxygen atoms in total. The van der Waals surface area contributed by atoms with Gasteiger partial charge in [-0.25, -0.2) is 4.98 Å². The maximum absolute atomic E-state index is 12.1. The molecule has 2 rings (SSSR count). The van der Waals surface area contributed by atoms with Crippen molar-refractivity contribution in [3.63, 3.8) is 0 Å². The Balaban J connectivity index is 1.82. The first-order chi connectivity index (χ1) is 10.0. The number of carbonyl (C=O) groups excluding carboxylic acids is 2. The second kappa shape index (κ2) is 7.48. The molecule has 0 spiro atoms. The van der Waals surface area contributed by atoms with Crippen molar-refractivity contribution < 1.29 is 14.3 Å². The van der Waals surface area contributed by atoms with Crippen molar-refractivity contribution in [1.29, 1.82) is 0 Å². The molecule has 0 bridgehead atoms. The molecule has 2 amide bonds. The fourth-order valence-corrected chi connectivity index (χ4v) is 2.84. The molecule has 1 fully saturated rings. The quantitative estimate of drug-likeness (QED) is 0.830. The molecule has 1 atom stereocenters. The van der Waals surface area contributed by atoms with E-state index in [0.29, 0.717) is 10.8 Å². The number of nitrogens with zero attached hydrogens (tertiary/aromatic N) is 2. The summed E-state index contributed by atoms with van der Waals surface area (Å²) in [5, 5.41) is 7.56. The van der Waals surface area contributed by atoms with E-state index < -0.39 is 0 Å². The zero-order chi connectivity index (χ0) is 15.2. The van der Waals surface area contributed by atoms with E-state index in [9.17, 15) is 9.59 Å². The molecule has 116 valence electrons. The monoisotopic (exact) mass is 312 g/mol. The van der Waals surface area contributed by atoms with Crippen LogP contribution in [0.25, 0.3) is 0 Å². The van der Waals surface area contributed by atoms with Crippen molar-refractivity contribution in [3.8, 4) is 0 Å². The highest BCUT2D eigenvalue weighted by molar-refractivity contribution is 7.14. The summed E-state index contributed by atoms with van der Waals surface area (Å²) in [5.41, 5.74) is 0.331. The van der Waals surface area contributed by atoms with Crippen LogP contribution in [0.1, 0.15) is 24.3 Å². The van der Waals surface area contributed by atoms with Gasteiger partial charge in [-0.2, -0.15) is 0 Å². The van der Waals surface area contributed by atoms with E-state index in [0.717, 1.165) is 32.8 Å². The summed E-state index contributed by atoms with van der Waals surface area (Å²) in [6.45, 7) is 7.44. The lowest BCUT2D eigenvalue weighted by Crippen LogP contribution is -2.46. The second-order valence-electron chi connectivity index (χ2n) is 5.01. The van der Waals surface area contributed by atoms with E-state index in [-0.39, 0.29) is 17.9 Å². The molecular weight excluding hydrogens is 292 g/mol. The van der Waals surface area contributed by atoms with Crippen molar-refractivity contribution in [1.82, 2.24) is 15.2 Å². The third-order valence-electron chi connectivity index (χ3n) is 3.03. The number of amides is 2. The predicted molar refractivity (Wildman–Crippen MR) is 80.6 cm³/mol. The molecule has 21 heavy (non-hydrogen) atoms. The van der Waals surface area contributed by atoms with Gasteiger partial charge >= 0.3 is 0 Å². The molecule has 1 aliphatic rings. The first-order valence-electron chi connectivity index (χ1n) is 6.88. The number of thiazole rings is 1. The topological polar surface area (TPSA) is 83.6 Å². The Hall–Kier alpha value is -1.51. The van der Waals surface area contributed by atoms with Crippen LogP contribution >= 0.6 is 11.3 Å². The Morgan fingerprint density at radius 3 is 2.86 bits per heavy atom. The zero-order valence-electron chi connectivity index (χ0n) is 12.2. The van der Waals surface area contributed by atoms with Crippen LogP contribution in [0.3, 0.4) is 0 Å². The fraction of sp³-hybridized carbons (Fsp3) is 0.615. The van der Waals surface area contributed by atoms with Gasteiger partial charge < -0.3 is 15.4 Å². The van der Waals surface area contributed by atoms with Gasteiger partial charge in [0.15, 0.2) is 5.13 Å². The number of rotatable bonds is 5. The molecule has 1 aromatic heterocycles. The smallest absolute Gasteiger partial charge is 0.271 e. The number of carbonyl (C=O) groups is 2. The Morgan fingerprint density at radius 2 is 2.19 bits per heavy atom. The normalized spacial score (nSPS) is 17.2. The zero-order valence-corrected chi connectivity index (χ0v) is 13.0. The highest BCUT2D eigenvalue weighted by atomic mass is 32.1. The van der Waals surface area contributed by atoms with Crippen molar-refractivity contribution in [2.45, 2.75) is 19.9 Å². The molecule has 2 heterocycles. The maximum atomic E-state index is 12.1. The minimum atomic E-state index is -0.219. The number of nitrogens with one attached hydrogen (secondary N) is 2. The summed E-state index contributed by atoms with van der Waals surface area (Å²) in [4.78, 5) is 29.4. The number of ether oxygens (including phenoxy) is 1. The molecule has 0 aliphatic carbocycles. The van der Waals surface area contributed by atoms with Gasteiger partial charge in [0, 0.05) is 38.0 Å². The molecule has 0 saturated carbocycles. The summed E-state index contributed by atoms with van der Waals surface area (Å²) in [7, 11) is 0. The molecule has 0 radical (unpaired) electrons. The van der Waals surface area contributed by atoms with Gasteiger partial charge in [0.05, 0.1) is 13.2 Å². The summed E-state index contributed by atoms with van der Waals surface area (Å²) < 4.78 is 5.29. The Bertz CT molecular complexity index is 499. The van der Waals surface area contributed by atoms with E-state index in [1.54, 1.807) is 5.38 Å². The number of hydrogen-bond acceptors (Lipinski definition) is 6. The number of anilines is 1. The van der Waals surface area contributed by atoms with E-state index >= 15 is 0 Å². The lowest BCUT2D eigenvalue weighted by Gasteiger charge is -2.29. The average molecular weight is 312 g/mol. The summed E-state index contributed by atoms with van der Waals surface area (Å²) in [6, 6.07) is 0.0292. The molecule has 8 heteroatoms. The highest BCUT2D eigenvalue weighted by Gasteiger charge is 2.17. The van der Waals surface area contributed by atoms with E-state index in [1.807, 2.05) is 6.92 Å². The highest BCUT2D eigenvalue weighted by Crippen LogP contribution is 2.15. The van der Waals surface area contributed by atoms with Crippen molar-refractivity contribution in [2.75, 3.05) is 38.2 Å². The number of morpholine rings is 1. The molecule has 2 N–H and O–H groups in total. The van der Waals surface area contributed by atoms with Gasteiger partial charge in [0.1, 0.15) is 5.69 Å². The summed E-state index contributed by atoms with van der Waals surface area (Å²) in [6.07, 6.45) is 0. The Kier molecular flexibility index (Phi) is 5.66. The van der Waals surface area contributed by atoms with Crippen LogP contribution in [0.4, 0.5) is 5.13 Å². The van der Waals surface area contributed by atoms with Crippen LogP contribution in [0.5, 0.6) is 0 Å². The minimum absolute atomic E-state index is 0.0292. The molecule has 1 aromatic rings. The standard InChI is InChI=1S/C13H20N4O3S/c1-9(7-17-3-5-20-6-4-17)14-12(19)11-8-21-13(16-11)15-10(2)18/h8-9H,3-7H2,1-2H3,(H,14,19)(H,15,16,18)/t9-/m0/s1. The third kappa shape index (κ3) is 5.07. The van der Waals surface area contributed by atoms with Gasteiger partial charge in [-0.1, -0.05) is 0 Å². The molecule has 1 saturated heterocycles. The van der Waals surface area contributed by atoms with Crippen LogP contribution in [0.15, 0.2) is 5.38 Å². The van der Waals surface area contributed by atoms with Gasteiger partial charge in [0.25, 0.3) is 5.91 Å². The van der Waals surface area contributed by atoms with Crippen LogP contribution in [-0.2, 0) is 9.53 Å². The molecule has 1 aliphatic heterocycles. The first kappa shape index (κ1) is 15.9. The second-order valence-corrected chi connectivity index (χ2v) is 5.86. The van der Waals surface area contributed by atoms with Crippen molar-refractivity contribution in [3.05, 3.63) is 11.1 Å². The Labute approximate surface area is 127 Å².